The van der Waals surface area contributed by atoms with Gasteiger partial charge in [0.05, 0.1) is 39.1 Å². The largest absolute Gasteiger partial charge is 0.497 e. The fraction of sp³-hybridized carbons (Fsp3) is 0.379. The Morgan fingerprint density at radius 3 is 2.65 bits per heavy atom. The molecule has 10 nitrogen and oxygen atoms in total. The molecule has 1 atom stereocenters. The van der Waals surface area contributed by atoms with E-state index in [0.717, 1.165) is 38.0 Å². The molecule has 0 unspecified atom stereocenters. The predicted molar refractivity (Wildman–Crippen MR) is 151 cm³/mol. The van der Waals surface area contributed by atoms with Crippen LogP contribution in [0.15, 0.2) is 46.6 Å². The number of halogens is 1. The Labute approximate surface area is 231 Å². The number of ether oxygens (including phenoxy) is 3. The van der Waals surface area contributed by atoms with Crippen LogP contribution in [0.1, 0.15) is 37.1 Å². The van der Waals surface area contributed by atoms with E-state index in [4.69, 9.17) is 29.3 Å². The maximum Gasteiger partial charge on any atom is 0.226 e. The summed E-state index contributed by atoms with van der Waals surface area (Å²) in [5.74, 6) is 2.37. The van der Waals surface area contributed by atoms with Crippen molar-refractivity contribution in [2.75, 3.05) is 46.3 Å². The number of aromatic nitrogens is 4. The van der Waals surface area contributed by atoms with Gasteiger partial charge in [0.2, 0.25) is 5.95 Å². The van der Waals surface area contributed by atoms with Crippen LogP contribution in [0.5, 0.6) is 17.2 Å². The minimum Gasteiger partial charge on any atom is -0.497 e. The van der Waals surface area contributed by atoms with Crippen molar-refractivity contribution in [2.24, 2.45) is 4.99 Å². The fourth-order valence-electron chi connectivity index (χ4n) is 5.46. The highest BCUT2D eigenvalue weighted by atomic mass is 19.1. The number of fused-ring (bicyclic) bond motifs is 3. The van der Waals surface area contributed by atoms with Crippen molar-refractivity contribution < 1.29 is 18.6 Å². The average Bonchev–Trinajstić information content (AvgIpc) is 3.63. The van der Waals surface area contributed by atoms with Crippen molar-refractivity contribution in [3.63, 3.8) is 0 Å². The minimum atomic E-state index is -0.473. The zero-order valence-electron chi connectivity index (χ0n) is 23.1. The monoisotopic (exact) mass is 545 g/mol. The number of hydrogen-bond donors (Lipinski definition) is 1. The molecule has 0 saturated carbocycles. The van der Waals surface area contributed by atoms with Gasteiger partial charge in [0.25, 0.3) is 0 Å². The van der Waals surface area contributed by atoms with Crippen molar-refractivity contribution in [1.29, 1.82) is 0 Å². The molecule has 2 aromatic heterocycles. The molecule has 0 aliphatic carbocycles. The van der Waals surface area contributed by atoms with Gasteiger partial charge in [-0.15, -0.1) is 5.10 Å². The maximum absolute atomic E-state index is 14.8. The molecule has 2 aliphatic rings. The first-order chi connectivity index (χ1) is 19.5. The van der Waals surface area contributed by atoms with E-state index in [2.05, 4.69) is 22.1 Å². The number of allylic oxidation sites excluding steroid dienone is 1. The molecule has 0 bridgehead atoms. The van der Waals surface area contributed by atoms with E-state index in [-0.39, 0.29) is 11.7 Å². The molecule has 0 radical (unpaired) electrons. The van der Waals surface area contributed by atoms with Crippen molar-refractivity contribution in [3.05, 3.63) is 58.8 Å². The minimum absolute atomic E-state index is 0.121. The lowest BCUT2D eigenvalue weighted by atomic mass is 9.96. The van der Waals surface area contributed by atoms with Gasteiger partial charge >= 0.3 is 0 Å². The second-order valence-corrected chi connectivity index (χ2v) is 10.1. The van der Waals surface area contributed by atoms with Crippen molar-refractivity contribution in [2.45, 2.75) is 32.2 Å². The molecule has 208 valence electrons. The highest BCUT2D eigenvalue weighted by Gasteiger charge is 2.28. The van der Waals surface area contributed by atoms with Gasteiger partial charge in [-0.3, -0.25) is 4.99 Å². The average molecular weight is 546 g/mol. The van der Waals surface area contributed by atoms with E-state index in [0.29, 0.717) is 46.4 Å². The highest BCUT2D eigenvalue weighted by Crippen LogP contribution is 2.32. The Balaban J connectivity index is 1.40. The van der Waals surface area contributed by atoms with Gasteiger partial charge in [-0.2, -0.15) is 4.52 Å². The van der Waals surface area contributed by atoms with Crippen molar-refractivity contribution in [3.8, 4) is 17.2 Å². The zero-order chi connectivity index (χ0) is 27.8. The molecular formula is C29H32FN7O3. The number of benzene rings is 2. The molecule has 1 N–H and O–H groups in total. The molecule has 6 rings (SSSR count). The normalized spacial score (nSPS) is 17.2. The van der Waals surface area contributed by atoms with Crippen LogP contribution in [-0.4, -0.2) is 71.7 Å². The SMILES string of the molecule is COc1ccc(CNc2nc3cc(OC)c(F)cc3c3nc([C@@H]4CCCN(C5=C(C)CN=C5)C4)nn23)c(OC)c1. The fourth-order valence-corrected chi connectivity index (χ4v) is 5.46. The van der Waals surface area contributed by atoms with Gasteiger partial charge in [0.1, 0.15) is 11.5 Å². The lowest BCUT2D eigenvalue weighted by Crippen LogP contribution is -2.34. The summed E-state index contributed by atoms with van der Waals surface area (Å²) in [6, 6.07) is 8.67. The smallest absolute Gasteiger partial charge is 0.226 e. The second-order valence-electron chi connectivity index (χ2n) is 10.1. The number of likely N-dealkylation sites (tertiary alicyclic amines) is 1. The Hall–Kier alpha value is -4.41. The molecule has 4 aromatic rings. The van der Waals surface area contributed by atoms with Gasteiger partial charge in [-0.1, -0.05) is 0 Å². The van der Waals surface area contributed by atoms with Crippen LogP contribution in [0.4, 0.5) is 10.3 Å². The van der Waals surface area contributed by atoms with E-state index in [1.807, 2.05) is 24.4 Å². The van der Waals surface area contributed by atoms with Crippen molar-refractivity contribution in [1.82, 2.24) is 24.5 Å². The molecule has 4 heterocycles. The number of hydrogen-bond acceptors (Lipinski definition) is 9. The standard InChI is InChI=1S/C29H32FN7O3/c1-17-13-31-15-24(17)36-9-5-6-19(16-36)27-34-28-21-11-22(30)26(40-4)12-23(21)33-29(37(28)35-27)32-14-18-7-8-20(38-2)10-25(18)39-3/h7-8,10-12,15,19H,5-6,9,13-14,16H2,1-4H3,(H,32,33)/t19-/m1/s1. The van der Waals surface area contributed by atoms with Crippen LogP contribution in [0.3, 0.4) is 0 Å². The van der Waals surface area contributed by atoms with Crippen LogP contribution >= 0.6 is 0 Å². The number of rotatable bonds is 8. The lowest BCUT2D eigenvalue weighted by Gasteiger charge is -2.33. The number of piperidine rings is 1. The quantitative estimate of drug-likeness (QED) is 0.343. The molecule has 0 spiro atoms. The number of anilines is 1. The van der Waals surface area contributed by atoms with E-state index in [1.54, 1.807) is 24.8 Å². The van der Waals surface area contributed by atoms with Crippen LogP contribution in [0, 0.1) is 5.82 Å². The third kappa shape index (κ3) is 4.65. The Morgan fingerprint density at radius 2 is 1.90 bits per heavy atom. The summed E-state index contributed by atoms with van der Waals surface area (Å²) in [4.78, 5) is 16.6. The molecule has 1 saturated heterocycles. The van der Waals surface area contributed by atoms with Gasteiger partial charge in [-0.05, 0) is 43.5 Å². The molecule has 2 aromatic carbocycles. The zero-order valence-corrected chi connectivity index (χ0v) is 23.1. The summed E-state index contributed by atoms with van der Waals surface area (Å²) in [5, 5.41) is 8.88. The molecular weight excluding hydrogens is 513 g/mol. The summed E-state index contributed by atoms with van der Waals surface area (Å²) >= 11 is 0. The van der Waals surface area contributed by atoms with Gasteiger partial charge in [-0.25, -0.2) is 14.4 Å². The topological polar surface area (TPSA) is 98.4 Å². The molecule has 2 aliphatic heterocycles. The summed E-state index contributed by atoms with van der Waals surface area (Å²) in [7, 11) is 4.68. The number of aliphatic imine (C=N–C) groups is 1. The summed E-state index contributed by atoms with van der Waals surface area (Å²) in [6.45, 7) is 5.08. The van der Waals surface area contributed by atoms with E-state index in [1.165, 1.54) is 24.4 Å². The van der Waals surface area contributed by atoms with Crippen LogP contribution < -0.4 is 19.5 Å². The summed E-state index contributed by atoms with van der Waals surface area (Å²) in [6.07, 6.45) is 3.96. The van der Waals surface area contributed by atoms with Crippen LogP contribution in [-0.2, 0) is 6.54 Å². The number of methoxy groups -OCH3 is 3. The van der Waals surface area contributed by atoms with Gasteiger partial charge in [0.15, 0.2) is 23.0 Å². The van der Waals surface area contributed by atoms with Gasteiger partial charge < -0.3 is 24.4 Å². The molecule has 1 fully saturated rings. The first-order valence-electron chi connectivity index (χ1n) is 13.3. The first kappa shape index (κ1) is 25.8. The van der Waals surface area contributed by atoms with E-state index in [9.17, 15) is 4.39 Å². The van der Waals surface area contributed by atoms with Gasteiger partial charge in [0, 0.05) is 54.8 Å². The Bertz CT molecular complexity index is 1650. The van der Waals surface area contributed by atoms with Crippen LogP contribution in [0.2, 0.25) is 0 Å². The number of nitrogens with zero attached hydrogens (tertiary/aromatic N) is 6. The second kappa shape index (κ2) is 10.6. The molecule has 11 heteroatoms. The number of nitrogens with one attached hydrogen (secondary N) is 1. The highest BCUT2D eigenvalue weighted by molar-refractivity contribution is 5.93. The van der Waals surface area contributed by atoms with E-state index >= 15 is 0 Å². The molecule has 0 amide bonds. The van der Waals surface area contributed by atoms with Crippen molar-refractivity contribution >= 4 is 28.7 Å². The predicted octanol–water partition coefficient (Wildman–Crippen LogP) is 4.59. The first-order valence-corrected chi connectivity index (χ1v) is 13.3. The lowest BCUT2D eigenvalue weighted by molar-refractivity contribution is 0.264. The molecule has 40 heavy (non-hydrogen) atoms. The maximum atomic E-state index is 14.8. The summed E-state index contributed by atoms with van der Waals surface area (Å²) in [5.41, 5.74) is 4.50. The Kier molecular flexibility index (Phi) is 6.87. The van der Waals surface area contributed by atoms with Crippen LogP contribution in [0.25, 0.3) is 16.6 Å². The summed E-state index contributed by atoms with van der Waals surface area (Å²) < 4.78 is 32.6. The van der Waals surface area contributed by atoms with E-state index < -0.39 is 5.82 Å². The third-order valence-corrected chi connectivity index (χ3v) is 7.60. The Morgan fingerprint density at radius 1 is 1.05 bits per heavy atom. The third-order valence-electron chi connectivity index (χ3n) is 7.60.